The predicted molar refractivity (Wildman–Crippen MR) is 85.8 cm³/mol. The summed E-state index contributed by atoms with van der Waals surface area (Å²) in [4.78, 5) is 28.5. The van der Waals surface area contributed by atoms with Crippen LogP contribution in [0.2, 0.25) is 0 Å². The molecule has 0 unspecified atom stereocenters. The number of ether oxygens (including phenoxy) is 1. The Balaban J connectivity index is 1.86. The van der Waals surface area contributed by atoms with E-state index in [2.05, 4.69) is 20.9 Å². The van der Waals surface area contributed by atoms with E-state index in [1.165, 1.54) is 10.9 Å². The van der Waals surface area contributed by atoms with Gasteiger partial charge in [0.15, 0.2) is 0 Å². The van der Waals surface area contributed by atoms with E-state index in [1.807, 2.05) is 12.1 Å². The number of benzene rings is 2. The van der Waals surface area contributed by atoms with E-state index in [0.29, 0.717) is 16.7 Å². The van der Waals surface area contributed by atoms with Crippen molar-refractivity contribution < 1.29 is 9.53 Å². The van der Waals surface area contributed by atoms with E-state index in [9.17, 15) is 9.59 Å². The molecule has 0 spiro atoms. The second kappa shape index (κ2) is 6.11. The molecule has 1 aromatic heterocycles. The van der Waals surface area contributed by atoms with E-state index < -0.39 is 5.97 Å². The molecule has 0 amide bonds. The first-order valence-corrected chi connectivity index (χ1v) is 7.33. The van der Waals surface area contributed by atoms with E-state index in [1.54, 1.807) is 36.4 Å². The number of rotatable bonds is 3. The summed E-state index contributed by atoms with van der Waals surface area (Å²) in [6.07, 6.45) is 1.35. The molecule has 0 saturated carbocycles. The third kappa shape index (κ3) is 3.07. The van der Waals surface area contributed by atoms with Crippen LogP contribution in [0.25, 0.3) is 10.9 Å². The molecule has 0 saturated heterocycles. The summed E-state index contributed by atoms with van der Waals surface area (Å²) in [6, 6.07) is 14.0. The van der Waals surface area contributed by atoms with E-state index >= 15 is 0 Å². The summed E-state index contributed by atoms with van der Waals surface area (Å²) in [5, 5.41) is 0.449. The Morgan fingerprint density at radius 1 is 1.18 bits per heavy atom. The van der Waals surface area contributed by atoms with Crippen LogP contribution in [-0.2, 0) is 11.3 Å². The summed E-state index contributed by atoms with van der Waals surface area (Å²) in [7, 11) is 0. The molecular weight excluding hydrogens is 348 g/mol. The number of nitrogens with zero attached hydrogens (tertiary/aromatic N) is 2. The summed E-state index contributed by atoms with van der Waals surface area (Å²) >= 11 is 3.32. The van der Waals surface area contributed by atoms with Gasteiger partial charge in [-0.15, -0.1) is 0 Å². The fourth-order valence-corrected chi connectivity index (χ4v) is 2.40. The van der Waals surface area contributed by atoms with Gasteiger partial charge >= 0.3 is 5.97 Å². The second-order valence-electron chi connectivity index (χ2n) is 4.63. The lowest BCUT2D eigenvalue weighted by molar-refractivity contribution is -0.135. The van der Waals surface area contributed by atoms with Crippen molar-refractivity contribution in [1.82, 2.24) is 9.55 Å². The maximum Gasteiger partial charge on any atom is 0.331 e. The zero-order chi connectivity index (χ0) is 15.5. The first kappa shape index (κ1) is 14.5. The van der Waals surface area contributed by atoms with Crippen LogP contribution in [0.1, 0.15) is 0 Å². The first-order chi connectivity index (χ1) is 10.6. The van der Waals surface area contributed by atoms with Crippen LogP contribution in [0.15, 0.2) is 64.1 Å². The quantitative estimate of drug-likeness (QED) is 0.533. The monoisotopic (exact) mass is 358 g/mol. The van der Waals surface area contributed by atoms with Crippen molar-refractivity contribution in [1.29, 1.82) is 0 Å². The Bertz CT molecular complexity index is 891. The third-order valence-electron chi connectivity index (χ3n) is 3.06. The van der Waals surface area contributed by atoms with Gasteiger partial charge in [-0.2, -0.15) is 0 Å². The van der Waals surface area contributed by atoms with Gasteiger partial charge in [0.05, 0.1) is 17.2 Å². The van der Waals surface area contributed by atoms with Crippen molar-refractivity contribution >= 4 is 32.8 Å². The van der Waals surface area contributed by atoms with Gasteiger partial charge in [-0.25, -0.2) is 9.78 Å². The van der Waals surface area contributed by atoms with Gasteiger partial charge in [-0.1, -0.05) is 34.1 Å². The number of hydrogen-bond acceptors (Lipinski definition) is 4. The molecule has 5 nitrogen and oxygen atoms in total. The zero-order valence-electron chi connectivity index (χ0n) is 11.4. The molecule has 2 aromatic carbocycles. The largest absolute Gasteiger partial charge is 0.425 e. The van der Waals surface area contributed by atoms with E-state index in [-0.39, 0.29) is 12.1 Å². The molecule has 3 rings (SSSR count). The smallest absolute Gasteiger partial charge is 0.331 e. The maximum atomic E-state index is 12.4. The molecule has 110 valence electrons. The molecule has 0 atom stereocenters. The van der Waals surface area contributed by atoms with Gasteiger partial charge in [-0.05, 0) is 30.3 Å². The number of esters is 1. The highest BCUT2D eigenvalue weighted by molar-refractivity contribution is 9.10. The first-order valence-electron chi connectivity index (χ1n) is 6.54. The van der Waals surface area contributed by atoms with Gasteiger partial charge in [-0.3, -0.25) is 9.36 Å². The SMILES string of the molecule is O=C(Cn1cnc2ccc(Br)cc2c1=O)Oc1ccccc1. The number of carbonyl (C=O) groups excluding carboxylic acids is 1. The van der Waals surface area contributed by atoms with Crippen LogP contribution in [0.5, 0.6) is 5.75 Å². The molecule has 0 N–H and O–H groups in total. The minimum absolute atomic E-state index is 0.191. The average Bonchev–Trinajstić information content (AvgIpc) is 2.51. The standard InChI is InChI=1S/C16H11BrN2O3/c17-11-6-7-14-13(8-11)16(21)19(10-18-14)9-15(20)22-12-4-2-1-3-5-12/h1-8,10H,9H2. The highest BCUT2D eigenvalue weighted by Crippen LogP contribution is 2.15. The van der Waals surface area contributed by atoms with Crippen molar-refractivity contribution in [3.05, 3.63) is 69.7 Å². The van der Waals surface area contributed by atoms with Crippen molar-refractivity contribution in [2.75, 3.05) is 0 Å². The molecule has 3 aromatic rings. The number of hydrogen-bond donors (Lipinski definition) is 0. The average molecular weight is 359 g/mol. The Morgan fingerprint density at radius 2 is 1.95 bits per heavy atom. The minimum Gasteiger partial charge on any atom is -0.425 e. The Labute approximate surface area is 134 Å². The topological polar surface area (TPSA) is 61.2 Å². The predicted octanol–water partition coefficient (Wildman–Crippen LogP) is 2.76. The molecule has 1 heterocycles. The molecular formula is C16H11BrN2O3. The lowest BCUT2D eigenvalue weighted by atomic mass is 10.2. The van der Waals surface area contributed by atoms with E-state index in [0.717, 1.165) is 4.47 Å². The van der Waals surface area contributed by atoms with Gasteiger partial charge in [0.2, 0.25) is 0 Å². The molecule has 0 bridgehead atoms. The lowest BCUT2D eigenvalue weighted by Crippen LogP contribution is -2.26. The van der Waals surface area contributed by atoms with Crippen molar-refractivity contribution in [2.24, 2.45) is 0 Å². The fourth-order valence-electron chi connectivity index (χ4n) is 2.04. The molecule has 0 aliphatic rings. The summed E-state index contributed by atoms with van der Waals surface area (Å²) in [5.74, 6) is -0.0820. The number of para-hydroxylation sites is 1. The molecule has 0 aliphatic carbocycles. The summed E-state index contributed by atoms with van der Waals surface area (Å²) in [6.45, 7) is -0.191. The Hall–Kier alpha value is -2.47. The Morgan fingerprint density at radius 3 is 2.73 bits per heavy atom. The van der Waals surface area contributed by atoms with Crippen LogP contribution in [0.3, 0.4) is 0 Å². The number of carbonyl (C=O) groups is 1. The molecule has 0 radical (unpaired) electrons. The minimum atomic E-state index is -0.524. The summed E-state index contributed by atoms with van der Waals surface area (Å²) < 4.78 is 7.19. The highest BCUT2D eigenvalue weighted by atomic mass is 79.9. The van der Waals surface area contributed by atoms with Crippen molar-refractivity contribution in [2.45, 2.75) is 6.54 Å². The molecule has 0 fully saturated rings. The number of halogens is 1. The second-order valence-corrected chi connectivity index (χ2v) is 5.54. The number of fused-ring (bicyclic) bond motifs is 1. The van der Waals surface area contributed by atoms with Crippen LogP contribution in [0, 0.1) is 0 Å². The van der Waals surface area contributed by atoms with Crippen LogP contribution in [-0.4, -0.2) is 15.5 Å². The highest BCUT2D eigenvalue weighted by Gasteiger charge is 2.10. The third-order valence-corrected chi connectivity index (χ3v) is 3.55. The van der Waals surface area contributed by atoms with Crippen LogP contribution < -0.4 is 10.3 Å². The molecule has 22 heavy (non-hydrogen) atoms. The van der Waals surface area contributed by atoms with Crippen molar-refractivity contribution in [3.8, 4) is 5.75 Å². The van der Waals surface area contributed by atoms with Gasteiger partial charge in [0.1, 0.15) is 12.3 Å². The molecule has 0 aliphatic heterocycles. The maximum absolute atomic E-state index is 12.4. The zero-order valence-corrected chi connectivity index (χ0v) is 13.0. The van der Waals surface area contributed by atoms with Gasteiger partial charge < -0.3 is 4.74 Å². The van der Waals surface area contributed by atoms with Gasteiger partial charge in [0.25, 0.3) is 5.56 Å². The van der Waals surface area contributed by atoms with Crippen molar-refractivity contribution in [3.63, 3.8) is 0 Å². The normalized spacial score (nSPS) is 10.6. The van der Waals surface area contributed by atoms with E-state index in [4.69, 9.17) is 4.74 Å². The van der Waals surface area contributed by atoms with Crippen LogP contribution in [0.4, 0.5) is 0 Å². The molecule has 6 heteroatoms. The Kier molecular flexibility index (Phi) is 4.02. The number of aromatic nitrogens is 2. The summed E-state index contributed by atoms with van der Waals surface area (Å²) in [5.41, 5.74) is 0.303. The van der Waals surface area contributed by atoms with Crippen LogP contribution >= 0.6 is 15.9 Å². The lowest BCUT2D eigenvalue weighted by Gasteiger charge is -2.07. The fraction of sp³-hybridized carbons (Fsp3) is 0.0625. The van der Waals surface area contributed by atoms with Gasteiger partial charge in [0, 0.05) is 4.47 Å².